The first-order valence-electron chi connectivity index (χ1n) is 6.60. The molecule has 0 spiro atoms. The molecular formula is C16H13FINO2. The highest BCUT2D eigenvalue weighted by molar-refractivity contribution is 14.1. The Morgan fingerprint density at radius 2 is 2.05 bits per heavy atom. The van der Waals surface area contributed by atoms with Crippen LogP contribution in [0, 0.1) is 9.39 Å². The van der Waals surface area contributed by atoms with Crippen molar-refractivity contribution in [1.29, 1.82) is 0 Å². The van der Waals surface area contributed by atoms with Crippen molar-refractivity contribution < 1.29 is 14.3 Å². The molecule has 0 saturated heterocycles. The number of rotatable bonds is 2. The number of fused-ring (bicyclic) bond motifs is 1. The van der Waals surface area contributed by atoms with Crippen LogP contribution < -0.4 is 5.32 Å². The lowest BCUT2D eigenvalue weighted by atomic mass is 9.94. The number of nitrogens with one attached hydrogen (secondary N) is 1. The summed E-state index contributed by atoms with van der Waals surface area (Å²) >= 11 is 2.00. The van der Waals surface area contributed by atoms with E-state index in [2.05, 4.69) is 5.32 Å². The van der Waals surface area contributed by atoms with E-state index in [1.54, 1.807) is 12.1 Å². The molecule has 1 amide bonds. The molecular weight excluding hydrogens is 384 g/mol. The average Bonchev–Trinajstić information content (AvgIpc) is 2.47. The molecule has 1 aliphatic rings. The van der Waals surface area contributed by atoms with Crippen LogP contribution in [-0.4, -0.2) is 17.6 Å². The lowest BCUT2D eigenvalue weighted by Crippen LogP contribution is -2.31. The van der Waals surface area contributed by atoms with E-state index in [4.69, 9.17) is 0 Å². The van der Waals surface area contributed by atoms with Gasteiger partial charge in [0.05, 0.1) is 0 Å². The van der Waals surface area contributed by atoms with Gasteiger partial charge in [-0.05, 0) is 63.9 Å². The number of halogens is 2. The summed E-state index contributed by atoms with van der Waals surface area (Å²) in [7, 11) is 0. The molecule has 108 valence electrons. The van der Waals surface area contributed by atoms with Crippen molar-refractivity contribution in [1.82, 2.24) is 5.32 Å². The van der Waals surface area contributed by atoms with Gasteiger partial charge in [-0.15, -0.1) is 0 Å². The molecule has 0 aromatic heterocycles. The van der Waals surface area contributed by atoms with Crippen LogP contribution in [0.25, 0.3) is 0 Å². The number of amides is 1. The van der Waals surface area contributed by atoms with Crippen LogP contribution in [0.1, 0.15) is 33.2 Å². The predicted molar refractivity (Wildman–Crippen MR) is 85.7 cm³/mol. The summed E-state index contributed by atoms with van der Waals surface area (Å²) in [6.07, 6.45) is -0.0801. The normalized spacial score (nSPS) is 15.3. The van der Waals surface area contributed by atoms with E-state index in [0.717, 1.165) is 12.0 Å². The molecule has 0 radical (unpaired) electrons. The lowest BCUT2D eigenvalue weighted by Gasteiger charge is -2.19. The Balaban J connectivity index is 2.00. The summed E-state index contributed by atoms with van der Waals surface area (Å²) in [6.45, 7) is 0.642. The third kappa shape index (κ3) is 2.80. The van der Waals surface area contributed by atoms with Gasteiger partial charge in [0.1, 0.15) is 11.9 Å². The minimum atomic E-state index is -0.877. The first-order valence-corrected chi connectivity index (χ1v) is 7.68. The zero-order valence-electron chi connectivity index (χ0n) is 11.1. The zero-order valence-corrected chi connectivity index (χ0v) is 13.2. The fraction of sp³-hybridized carbons (Fsp3) is 0.188. The van der Waals surface area contributed by atoms with Crippen molar-refractivity contribution in [3.63, 3.8) is 0 Å². The minimum absolute atomic E-state index is 0.112. The van der Waals surface area contributed by atoms with Gasteiger partial charge in [0.2, 0.25) is 0 Å². The minimum Gasteiger partial charge on any atom is -0.384 e. The second kappa shape index (κ2) is 5.73. The Labute approximate surface area is 135 Å². The number of carbonyl (C=O) groups is 1. The summed E-state index contributed by atoms with van der Waals surface area (Å²) in [5.41, 5.74) is 2.86. The molecule has 0 aliphatic carbocycles. The monoisotopic (exact) mass is 397 g/mol. The Morgan fingerprint density at radius 1 is 1.24 bits per heavy atom. The molecule has 5 heteroatoms. The van der Waals surface area contributed by atoms with Crippen molar-refractivity contribution in [2.24, 2.45) is 0 Å². The van der Waals surface area contributed by atoms with Crippen LogP contribution in [0.5, 0.6) is 0 Å². The molecule has 3 nitrogen and oxygen atoms in total. The molecule has 2 aromatic carbocycles. The van der Waals surface area contributed by atoms with E-state index in [1.165, 1.54) is 12.1 Å². The van der Waals surface area contributed by atoms with Crippen LogP contribution >= 0.6 is 22.6 Å². The highest BCUT2D eigenvalue weighted by atomic mass is 127. The van der Waals surface area contributed by atoms with Crippen molar-refractivity contribution in [2.75, 3.05) is 6.54 Å². The van der Waals surface area contributed by atoms with Gasteiger partial charge in [-0.1, -0.05) is 18.2 Å². The summed E-state index contributed by atoms with van der Waals surface area (Å²) < 4.78 is 13.8. The number of aliphatic hydroxyl groups excluding tert-OH is 1. The first-order chi connectivity index (χ1) is 10.1. The average molecular weight is 397 g/mol. The highest BCUT2D eigenvalue weighted by Crippen LogP contribution is 2.28. The summed E-state index contributed by atoms with van der Waals surface area (Å²) in [5.74, 6) is -0.445. The van der Waals surface area contributed by atoms with Gasteiger partial charge < -0.3 is 10.4 Å². The van der Waals surface area contributed by atoms with Crippen LogP contribution in [-0.2, 0) is 6.42 Å². The molecule has 1 unspecified atom stereocenters. The van der Waals surface area contributed by atoms with Crippen molar-refractivity contribution in [2.45, 2.75) is 12.5 Å². The molecule has 1 aliphatic heterocycles. The maximum absolute atomic E-state index is 13.2. The maximum Gasteiger partial charge on any atom is 0.251 e. The van der Waals surface area contributed by atoms with E-state index >= 15 is 0 Å². The Kier molecular flexibility index (Phi) is 3.95. The molecule has 3 rings (SSSR count). The van der Waals surface area contributed by atoms with Crippen molar-refractivity contribution in [3.8, 4) is 0 Å². The molecule has 0 saturated carbocycles. The van der Waals surface area contributed by atoms with E-state index in [1.807, 2.05) is 34.7 Å². The highest BCUT2D eigenvalue weighted by Gasteiger charge is 2.20. The quantitative estimate of drug-likeness (QED) is 0.766. The van der Waals surface area contributed by atoms with E-state index in [0.29, 0.717) is 26.8 Å². The van der Waals surface area contributed by atoms with Crippen LogP contribution in [0.3, 0.4) is 0 Å². The molecule has 21 heavy (non-hydrogen) atoms. The Bertz CT molecular complexity index is 717. The second-order valence-electron chi connectivity index (χ2n) is 4.99. The Hall–Kier alpha value is -1.47. The fourth-order valence-electron chi connectivity index (χ4n) is 2.50. The molecule has 0 fully saturated rings. The number of benzene rings is 2. The molecule has 2 N–H and O–H groups in total. The zero-order chi connectivity index (χ0) is 15.0. The molecule has 2 aromatic rings. The summed E-state index contributed by atoms with van der Waals surface area (Å²) in [4.78, 5) is 11.9. The van der Waals surface area contributed by atoms with Gasteiger partial charge in [-0.25, -0.2) is 4.39 Å². The molecule has 0 bridgehead atoms. The number of hydrogen-bond donors (Lipinski definition) is 2. The maximum atomic E-state index is 13.2. The standard InChI is InChI=1S/C16H13FINO2/c17-11-3-4-12(14(18)8-11)15(20)10-2-1-9-5-6-19-16(21)13(9)7-10/h1-4,7-8,15,20H,5-6H2,(H,19,21). The smallest absolute Gasteiger partial charge is 0.251 e. The van der Waals surface area contributed by atoms with Crippen LogP contribution in [0.4, 0.5) is 4.39 Å². The lowest BCUT2D eigenvalue weighted by molar-refractivity contribution is 0.0945. The molecule has 1 heterocycles. The Morgan fingerprint density at radius 3 is 2.81 bits per heavy atom. The van der Waals surface area contributed by atoms with Gasteiger partial charge in [-0.3, -0.25) is 4.79 Å². The third-order valence-electron chi connectivity index (χ3n) is 3.63. The van der Waals surface area contributed by atoms with E-state index in [9.17, 15) is 14.3 Å². The first kappa shape index (κ1) is 14.5. The summed E-state index contributed by atoms with van der Waals surface area (Å²) in [6, 6.07) is 9.69. The number of aliphatic hydroxyl groups is 1. The number of carbonyl (C=O) groups excluding carboxylic acids is 1. The van der Waals surface area contributed by atoms with Gasteiger partial charge in [-0.2, -0.15) is 0 Å². The van der Waals surface area contributed by atoms with Gasteiger partial charge in [0.25, 0.3) is 5.91 Å². The third-order valence-corrected chi connectivity index (χ3v) is 4.57. The summed E-state index contributed by atoms with van der Waals surface area (Å²) in [5, 5.41) is 13.3. The van der Waals surface area contributed by atoms with E-state index < -0.39 is 6.10 Å². The molecule has 1 atom stereocenters. The predicted octanol–water partition coefficient (Wildman–Crippen LogP) is 2.80. The van der Waals surface area contributed by atoms with Gasteiger partial charge in [0.15, 0.2) is 0 Å². The SMILES string of the molecule is O=C1NCCc2ccc(C(O)c3ccc(F)cc3I)cc21. The van der Waals surface area contributed by atoms with E-state index in [-0.39, 0.29) is 11.7 Å². The van der Waals surface area contributed by atoms with Gasteiger partial charge >= 0.3 is 0 Å². The van der Waals surface area contributed by atoms with Crippen molar-refractivity contribution >= 4 is 28.5 Å². The second-order valence-corrected chi connectivity index (χ2v) is 6.15. The van der Waals surface area contributed by atoms with Crippen LogP contribution in [0.2, 0.25) is 0 Å². The largest absolute Gasteiger partial charge is 0.384 e. The number of hydrogen-bond acceptors (Lipinski definition) is 2. The topological polar surface area (TPSA) is 49.3 Å². The fourth-order valence-corrected chi connectivity index (χ4v) is 3.27. The van der Waals surface area contributed by atoms with Crippen molar-refractivity contribution in [3.05, 3.63) is 68.0 Å². The van der Waals surface area contributed by atoms with Gasteiger partial charge in [0, 0.05) is 15.7 Å². The van der Waals surface area contributed by atoms with Crippen LogP contribution in [0.15, 0.2) is 36.4 Å².